The van der Waals surface area contributed by atoms with Gasteiger partial charge in [0.05, 0.1) is 29.5 Å². The molecule has 4 aromatic rings. The van der Waals surface area contributed by atoms with Gasteiger partial charge < -0.3 is 9.15 Å². The molecule has 0 radical (unpaired) electrons. The van der Waals surface area contributed by atoms with Crippen molar-refractivity contribution in [3.8, 4) is 17.1 Å². The molecule has 2 heterocycles. The molecule has 0 bridgehead atoms. The van der Waals surface area contributed by atoms with E-state index in [0.29, 0.717) is 16.8 Å². The third-order valence-corrected chi connectivity index (χ3v) is 4.34. The first-order valence-corrected chi connectivity index (χ1v) is 8.47. The highest BCUT2D eigenvalue weighted by atomic mass is 35.5. The Hall–Kier alpha value is -3.38. The number of aromatic nitrogens is 2. The van der Waals surface area contributed by atoms with Gasteiger partial charge in [-0.1, -0.05) is 11.6 Å². The molecule has 1 N–H and O–H groups in total. The SMILES string of the molecule is COc1ccc(C(=O)Nc2ncc3cc(-c4ccco4)ccc3n2)c(Cl)c1. The number of methoxy groups -OCH3 is 1. The third kappa shape index (κ3) is 3.47. The smallest absolute Gasteiger partial charge is 0.259 e. The van der Waals surface area contributed by atoms with E-state index in [1.165, 1.54) is 7.11 Å². The van der Waals surface area contributed by atoms with Crippen LogP contribution in [-0.4, -0.2) is 23.0 Å². The summed E-state index contributed by atoms with van der Waals surface area (Å²) in [5.41, 5.74) is 1.95. The normalized spacial score (nSPS) is 10.7. The van der Waals surface area contributed by atoms with E-state index in [-0.39, 0.29) is 11.0 Å². The van der Waals surface area contributed by atoms with Crippen molar-refractivity contribution in [3.05, 3.63) is 71.6 Å². The van der Waals surface area contributed by atoms with Gasteiger partial charge in [0, 0.05) is 17.1 Å². The molecule has 0 spiro atoms. The summed E-state index contributed by atoms with van der Waals surface area (Å²) in [6, 6.07) is 14.2. The van der Waals surface area contributed by atoms with Crippen molar-refractivity contribution in [2.75, 3.05) is 12.4 Å². The number of ether oxygens (including phenoxy) is 1. The standard InChI is InChI=1S/C20H14ClN3O3/c1-26-14-5-6-15(16(21)10-14)19(25)24-20-22-11-13-9-12(4-7-17(13)23-20)18-3-2-8-27-18/h2-11H,1H3,(H,22,23,24,25). The van der Waals surface area contributed by atoms with Gasteiger partial charge in [0.15, 0.2) is 0 Å². The predicted octanol–water partition coefficient (Wildman–Crippen LogP) is 4.80. The molecule has 27 heavy (non-hydrogen) atoms. The zero-order valence-electron chi connectivity index (χ0n) is 14.3. The first kappa shape index (κ1) is 17.1. The molecule has 0 saturated carbocycles. The second-order valence-electron chi connectivity index (χ2n) is 5.74. The van der Waals surface area contributed by atoms with Crippen LogP contribution in [0.2, 0.25) is 5.02 Å². The maximum absolute atomic E-state index is 12.5. The van der Waals surface area contributed by atoms with Crippen molar-refractivity contribution < 1.29 is 13.9 Å². The minimum atomic E-state index is -0.394. The maximum Gasteiger partial charge on any atom is 0.259 e. The van der Waals surface area contributed by atoms with Gasteiger partial charge in [0.25, 0.3) is 5.91 Å². The van der Waals surface area contributed by atoms with Gasteiger partial charge in [-0.05, 0) is 48.5 Å². The Morgan fingerprint density at radius 2 is 2.07 bits per heavy atom. The molecule has 6 nitrogen and oxygen atoms in total. The number of carbonyl (C=O) groups is 1. The Bertz CT molecular complexity index is 1130. The van der Waals surface area contributed by atoms with Gasteiger partial charge in [-0.2, -0.15) is 0 Å². The number of carbonyl (C=O) groups excluding carboxylic acids is 1. The van der Waals surface area contributed by atoms with Crippen LogP contribution in [0, 0.1) is 0 Å². The van der Waals surface area contributed by atoms with Crippen LogP contribution in [0.1, 0.15) is 10.4 Å². The summed E-state index contributed by atoms with van der Waals surface area (Å²) in [6.07, 6.45) is 3.28. The van der Waals surface area contributed by atoms with Crippen molar-refractivity contribution in [3.63, 3.8) is 0 Å². The zero-order valence-corrected chi connectivity index (χ0v) is 15.0. The summed E-state index contributed by atoms with van der Waals surface area (Å²) in [5, 5.41) is 3.79. The lowest BCUT2D eigenvalue weighted by Crippen LogP contribution is -2.14. The summed E-state index contributed by atoms with van der Waals surface area (Å²) in [4.78, 5) is 21.1. The highest BCUT2D eigenvalue weighted by Crippen LogP contribution is 2.25. The molecular formula is C20H14ClN3O3. The highest BCUT2D eigenvalue weighted by molar-refractivity contribution is 6.34. The maximum atomic E-state index is 12.5. The van der Waals surface area contributed by atoms with Crippen molar-refractivity contribution in [2.45, 2.75) is 0 Å². The molecule has 0 aliphatic carbocycles. The van der Waals surface area contributed by atoms with Crippen LogP contribution >= 0.6 is 11.6 Å². The lowest BCUT2D eigenvalue weighted by molar-refractivity contribution is 0.102. The van der Waals surface area contributed by atoms with E-state index in [1.807, 2.05) is 30.3 Å². The number of rotatable bonds is 4. The van der Waals surface area contributed by atoms with Crippen molar-refractivity contribution in [1.82, 2.24) is 9.97 Å². The number of fused-ring (bicyclic) bond motifs is 1. The monoisotopic (exact) mass is 379 g/mol. The number of nitrogens with zero attached hydrogens (tertiary/aromatic N) is 2. The van der Waals surface area contributed by atoms with E-state index >= 15 is 0 Å². The topological polar surface area (TPSA) is 77.2 Å². The van der Waals surface area contributed by atoms with Gasteiger partial charge in [0.2, 0.25) is 5.95 Å². The van der Waals surface area contributed by atoms with Crippen LogP contribution in [0.3, 0.4) is 0 Å². The number of hydrogen-bond acceptors (Lipinski definition) is 5. The average molecular weight is 380 g/mol. The summed E-state index contributed by atoms with van der Waals surface area (Å²) in [6.45, 7) is 0. The Balaban J connectivity index is 1.59. The summed E-state index contributed by atoms with van der Waals surface area (Å²) in [5.74, 6) is 1.15. The van der Waals surface area contributed by atoms with Gasteiger partial charge >= 0.3 is 0 Å². The molecule has 7 heteroatoms. The minimum Gasteiger partial charge on any atom is -0.497 e. The first-order valence-electron chi connectivity index (χ1n) is 8.09. The van der Waals surface area contributed by atoms with E-state index in [1.54, 1.807) is 30.7 Å². The van der Waals surface area contributed by atoms with Crippen LogP contribution in [0.15, 0.2) is 65.4 Å². The van der Waals surface area contributed by atoms with Crippen LogP contribution < -0.4 is 10.1 Å². The van der Waals surface area contributed by atoms with Crippen molar-refractivity contribution in [2.24, 2.45) is 0 Å². The number of hydrogen-bond donors (Lipinski definition) is 1. The van der Waals surface area contributed by atoms with Crippen LogP contribution in [0.5, 0.6) is 5.75 Å². The molecular weight excluding hydrogens is 366 g/mol. The summed E-state index contributed by atoms with van der Waals surface area (Å²) >= 11 is 6.14. The fourth-order valence-corrected chi connectivity index (χ4v) is 2.92. The molecule has 4 rings (SSSR count). The minimum absolute atomic E-state index is 0.199. The lowest BCUT2D eigenvalue weighted by Gasteiger charge is -2.08. The van der Waals surface area contributed by atoms with Gasteiger partial charge in [-0.25, -0.2) is 9.97 Å². The number of anilines is 1. The zero-order chi connectivity index (χ0) is 18.8. The van der Waals surface area contributed by atoms with Crippen LogP contribution in [0.4, 0.5) is 5.95 Å². The fraction of sp³-hybridized carbons (Fsp3) is 0.0500. The molecule has 0 aliphatic rings. The van der Waals surface area contributed by atoms with Crippen molar-refractivity contribution >= 4 is 34.4 Å². The lowest BCUT2D eigenvalue weighted by atomic mass is 10.1. The third-order valence-electron chi connectivity index (χ3n) is 4.03. The molecule has 2 aromatic heterocycles. The fourth-order valence-electron chi connectivity index (χ4n) is 2.67. The van der Waals surface area contributed by atoms with E-state index in [4.69, 9.17) is 20.8 Å². The highest BCUT2D eigenvalue weighted by Gasteiger charge is 2.13. The first-order chi connectivity index (χ1) is 13.1. The second kappa shape index (κ2) is 7.09. The van der Waals surface area contributed by atoms with Gasteiger partial charge in [-0.15, -0.1) is 0 Å². The van der Waals surface area contributed by atoms with Gasteiger partial charge in [-0.3, -0.25) is 10.1 Å². The molecule has 0 fully saturated rings. The number of furan rings is 1. The molecule has 0 aliphatic heterocycles. The van der Waals surface area contributed by atoms with Gasteiger partial charge in [0.1, 0.15) is 11.5 Å². The Morgan fingerprint density at radius 3 is 2.81 bits per heavy atom. The molecule has 1 amide bonds. The summed E-state index contributed by atoms with van der Waals surface area (Å²) < 4.78 is 10.5. The Kier molecular flexibility index (Phi) is 4.48. The van der Waals surface area contributed by atoms with E-state index in [0.717, 1.165) is 16.7 Å². The number of nitrogens with one attached hydrogen (secondary N) is 1. The molecule has 134 valence electrons. The quantitative estimate of drug-likeness (QED) is 0.551. The molecule has 0 saturated heterocycles. The predicted molar refractivity (Wildman–Crippen MR) is 103 cm³/mol. The van der Waals surface area contributed by atoms with E-state index in [9.17, 15) is 4.79 Å². The Morgan fingerprint density at radius 1 is 1.19 bits per heavy atom. The number of halogens is 1. The van der Waals surface area contributed by atoms with Crippen LogP contribution in [0.25, 0.3) is 22.2 Å². The number of benzene rings is 2. The van der Waals surface area contributed by atoms with E-state index in [2.05, 4.69) is 15.3 Å². The van der Waals surface area contributed by atoms with Crippen LogP contribution in [-0.2, 0) is 0 Å². The Labute approximate surface area is 159 Å². The number of amides is 1. The summed E-state index contributed by atoms with van der Waals surface area (Å²) in [7, 11) is 1.53. The largest absolute Gasteiger partial charge is 0.497 e. The molecule has 2 aromatic carbocycles. The molecule has 0 atom stereocenters. The van der Waals surface area contributed by atoms with E-state index < -0.39 is 5.91 Å². The van der Waals surface area contributed by atoms with Crippen molar-refractivity contribution in [1.29, 1.82) is 0 Å². The molecule has 0 unspecified atom stereocenters. The second-order valence-corrected chi connectivity index (χ2v) is 6.15. The average Bonchev–Trinajstić information content (AvgIpc) is 3.22.